The normalized spacial score (nSPS) is 10.2. The lowest BCUT2D eigenvalue weighted by Crippen LogP contribution is -3.00. The van der Waals surface area contributed by atoms with Crippen LogP contribution in [0.3, 0.4) is 0 Å². The molecular formula is C14H18ClN3OS. The first kappa shape index (κ1) is 16.5. The highest BCUT2D eigenvalue weighted by Crippen LogP contribution is 2.17. The van der Waals surface area contributed by atoms with Crippen molar-refractivity contribution in [2.75, 3.05) is 10.6 Å². The zero-order valence-corrected chi connectivity index (χ0v) is 13.1. The third kappa shape index (κ3) is 3.71. The highest BCUT2D eigenvalue weighted by Gasteiger charge is 2.22. The molecule has 0 radical (unpaired) electrons. The first-order valence-electron chi connectivity index (χ1n) is 6.19. The van der Waals surface area contributed by atoms with E-state index >= 15 is 0 Å². The number of carbonyl (C=O) groups is 1. The van der Waals surface area contributed by atoms with Crippen molar-refractivity contribution < 1.29 is 21.8 Å². The summed E-state index contributed by atoms with van der Waals surface area (Å²) in [5.41, 5.74) is 6.73. The number of nitrogens with two attached hydrogens (primary N) is 1. The first-order chi connectivity index (χ1) is 9.09. The molecule has 0 saturated heterocycles. The second-order valence-electron chi connectivity index (χ2n) is 4.56. The van der Waals surface area contributed by atoms with Crippen molar-refractivity contribution in [1.29, 1.82) is 0 Å². The Kier molecular flexibility index (Phi) is 5.98. The standard InChI is InChI=1S/C14H17N3OS.ClH/c1-11(2)17(12-6-4-3-5-7-12)13(18)10-16-8-9-19-14(16)15;/h3-9,11,15H,10H2,1-2H3;1H. The molecule has 2 rings (SSSR count). The van der Waals surface area contributed by atoms with Crippen LogP contribution < -0.4 is 27.6 Å². The number of para-hydroxylation sites is 1. The van der Waals surface area contributed by atoms with Gasteiger partial charge in [0.05, 0.1) is 0 Å². The maximum atomic E-state index is 12.5. The smallest absolute Gasteiger partial charge is 0.332 e. The molecule has 0 atom stereocenters. The Morgan fingerprint density at radius 1 is 1.35 bits per heavy atom. The fourth-order valence-electron chi connectivity index (χ4n) is 1.99. The number of nitrogen functional groups attached to an aromatic ring is 1. The number of carbonyl (C=O) groups excluding carboxylic acids is 1. The minimum atomic E-state index is 0. The van der Waals surface area contributed by atoms with Gasteiger partial charge in [0.25, 0.3) is 5.91 Å². The zero-order chi connectivity index (χ0) is 13.8. The maximum Gasteiger partial charge on any atom is 0.332 e. The molecule has 4 nitrogen and oxygen atoms in total. The Balaban J connectivity index is 0.00000200. The number of halogens is 1. The fraction of sp³-hybridized carbons (Fsp3) is 0.286. The van der Waals surface area contributed by atoms with Crippen molar-refractivity contribution in [2.45, 2.75) is 26.4 Å². The summed E-state index contributed by atoms with van der Waals surface area (Å²) in [7, 11) is 0. The summed E-state index contributed by atoms with van der Waals surface area (Å²) < 4.78 is 1.77. The quantitative estimate of drug-likeness (QED) is 0.741. The summed E-state index contributed by atoms with van der Waals surface area (Å²) in [5, 5.41) is 2.52. The number of thiazole rings is 1. The van der Waals surface area contributed by atoms with E-state index in [0.29, 0.717) is 5.13 Å². The lowest BCUT2D eigenvalue weighted by Gasteiger charge is -2.26. The van der Waals surface area contributed by atoms with Crippen LogP contribution in [0.1, 0.15) is 13.8 Å². The van der Waals surface area contributed by atoms with Gasteiger partial charge in [-0.3, -0.25) is 10.5 Å². The van der Waals surface area contributed by atoms with E-state index in [1.54, 1.807) is 9.47 Å². The third-order valence-corrected chi connectivity index (χ3v) is 3.57. The second-order valence-corrected chi connectivity index (χ2v) is 5.49. The minimum Gasteiger partial charge on any atom is -1.00 e. The molecular weight excluding hydrogens is 294 g/mol. The van der Waals surface area contributed by atoms with Crippen LogP contribution in [0.5, 0.6) is 0 Å². The summed E-state index contributed by atoms with van der Waals surface area (Å²) >= 11 is 1.43. The molecule has 1 heterocycles. The number of aromatic nitrogens is 1. The number of rotatable bonds is 4. The number of anilines is 2. The monoisotopic (exact) mass is 311 g/mol. The zero-order valence-electron chi connectivity index (χ0n) is 11.5. The van der Waals surface area contributed by atoms with E-state index in [4.69, 9.17) is 5.73 Å². The van der Waals surface area contributed by atoms with E-state index in [0.717, 1.165) is 5.69 Å². The Morgan fingerprint density at radius 3 is 2.50 bits per heavy atom. The molecule has 0 aliphatic carbocycles. The topological polar surface area (TPSA) is 50.2 Å². The molecule has 20 heavy (non-hydrogen) atoms. The fourth-order valence-corrected chi connectivity index (χ4v) is 2.59. The molecule has 1 aromatic carbocycles. The van der Waals surface area contributed by atoms with Crippen molar-refractivity contribution in [3.05, 3.63) is 41.9 Å². The van der Waals surface area contributed by atoms with Crippen molar-refractivity contribution in [1.82, 2.24) is 0 Å². The minimum absolute atomic E-state index is 0. The van der Waals surface area contributed by atoms with Crippen LogP contribution in [0.15, 0.2) is 41.9 Å². The summed E-state index contributed by atoms with van der Waals surface area (Å²) in [5.74, 6) is 0.0382. The molecule has 108 valence electrons. The van der Waals surface area contributed by atoms with E-state index in [2.05, 4.69) is 0 Å². The largest absolute Gasteiger partial charge is 1.00 e. The highest BCUT2D eigenvalue weighted by molar-refractivity contribution is 7.12. The van der Waals surface area contributed by atoms with E-state index in [1.807, 2.05) is 55.8 Å². The van der Waals surface area contributed by atoms with E-state index in [9.17, 15) is 4.79 Å². The Hall–Kier alpha value is -1.59. The molecule has 0 spiro atoms. The molecule has 0 aliphatic rings. The number of benzene rings is 1. The Morgan fingerprint density at radius 2 is 2.00 bits per heavy atom. The molecule has 0 unspecified atom stereocenters. The predicted octanol–water partition coefficient (Wildman–Crippen LogP) is -0.937. The Bertz CT molecular complexity index is 557. The summed E-state index contributed by atoms with van der Waals surface area (Å²) in [6.07, 6.45) is 1.83. The van der Waals surface area contributed by atoms with Crippen LogP contribution in [-0.4, -0.2) is 11.9 Å². The molecule has 6 heteroatoms. The van der Waals surface area contributed by atoms with Crippen LogP contribution in [0.2, 0.25) is 0 Å². The molecule has 2 N–H and O–H groups in total. The highest BCUT2D eigenvalue weighted by atomic mass is 35.5. The van der Waals surface area contributed by atoms with Crippen LogP contribution in [0.4, 0.5) is 10.8 Å². The molecule has 1 amide bonds. The van der Waals surface area contributed by atoms with Gasteiger partial charge in [0, 0.05) is 17.1 Å². The summed E-state index contributed by atoms with van der Waals surface area (Å²) in [6.45, 7) is 4.28. The van der Waals surface area contributed by atoms with Gasteiger partial charge in [-0.15, -0.1) is 0 Å². The summed E-state index contributed by atoms with van der Waals surface area (Å²) in [4.78, 5) is 14.3. The van der Waals surface area contributed by atoms with Gasteiger partial charge in [0.1, 0.15) is 6.20 Å². The van der Waals surface area contributed by atoms with Gasteiger partial charge in [0.2, 0.25) is 0 Å². The lowest BCUT2D eigenvalue weighted by molar-refractivity contribution is -0.665. The number of nitrogens with zero attached hydrogens (tertiary/aromatic N) is 2. The van der Waals surface area contributed by atoms with Crippen molar-refractivity contribution in [3.63, 3.8) is 0 Å². The number of amides is 1. The van der Waals surface area contributed by atoms with Gasteiger partial charge in [-0.05, 0) is 26.0 Å². The number of hydrogen-bond donors (Lipinski definition) is 1. The van der Waals surface area contributed by atoms with Gasteiger partial charge >= 0.3 is 5.13 Å². The number of hydrogen-bond acceptors (Lipinski definition) is 3. The van der Waals surface area contributed by atoms with Crippen LogP contribution in [-0.2, 0) is 11.3 Å². The predicted molar refractivity (Wildman–Crippen MR) is 78.0 cm³/mol. The molecule has 0 bridgehead atoms. The average molecular weight is 312 g/mol. The first-order valence-corrected chi connectivity index (χ1v) is 7.07. The molecule has 0 aliphatic heterocycles. The van der Waals surface area contributed by atoms with Gasteiger partial charge < -0.3 is 17.3 Å². The maximum absolute atomic E-state index is 12.5. The second kappa shape index (κ2) is 7.26. The van der Waals surface area contributed by atoms with Crippen molar-refractivity contribution >= 4 is 28.1 Å². The van der Waals surface area contributed by atoms with Gasteiger partial charge in [-0.1, -0.05) is 29.5 Å². The van der Waals surface area contributed by atoms with E-state index in [-0.39, 0.29) is 30.9 Å². The van der Waals surface area contributed by atoms with Gasteiger partial charge in [-0.2, -0.15) is 0 Å². The van der Waals surface area contributed by atoms with Crippen LogP contribution >= 0.6 is 11.3 Å². The summed E-state index contributed by atoms with van der Waals surface area (Å²) in [6, 6.07) is 9.81. The van der Waals surface area contributed by atoms with Crippen LogP contribution in [0.25, 0.3) is 0 Å². The molecule has 1 aromatic heterocycles. The van der Waals surface area contributed by atoms with E-state index in [1.165, 1.54) is 11.3 Å². The van der Waals surface area contributed by atoms with Crippen LogP contribution in [0, 0.1) is 0 Å². The average Bonchev–Trinajstić information content (AvgIpc) is 2.76. The van der Waals surface area contributed by atoms with Crippen molar-refractivity contribution in [3.8, 4) is 0 Å². The van der Waals surface area contributed by atoms with Crippen molar-refractivity contribution in [2.24, 2.45) is 0 Å². The van der Waals surface area contributed by atoms with Gasteiger partial charge in [-0.25, -0.2) is 4.57 Å². The van der Waals surface area contributed by atoms with Gasteiger partial charge in [0.15, 0.2) is 6.54 Å². The molecule has 0 fully saturated rings. The lowest BCUT2D eigenvalue weighted by atomic mass is 10.2. The molecule has 0 saturated carbocycles. The van der Waals surface area contributed by atoms with E-state index < -0.39 is 0 Å². The SMILES string of the molecule is CC(C)N(C(=O)C[n+]1ccsc1N)c1ccccc1.[Cl-]. The Labute approximate surface area is 129 Å². The third-order valence-electron chi connectivity index (χ3n) is 2.84. The molecule has 2 aromatic rings.